The van der Waals surface area contributed by atoms with E-state index < -0.39 is 0 Å². The first-order valence-corrected chi connectivity index (χ1v) is 9.45. The van der Waals surface area contributed by atoms with Crippen molar-refractivity contribution in [3.63, 3.8) is 0 Å². The van der Waals surface area contributed by atoms with Crippen LogP contribution in [0.15, 0.2) is 35.0 Å². The summed E-state index contributed by atoms with van der Waals surface area (Å²) in [4.78, 5) is 14.7. The Morgan fingerprint density at radius 3 is 2.92 bits per heavy atom. The van der Waals surface area contributed by atoms with E-state index >= 15 is 0 Å². The van der Waals surface area contributed by atoms with Crippen LogP contribution in [-0.2, 0) is 11.2 Å². The summed E-state index contributed by atoms with van der Waals surface area (Å²) >= 11 is 1.68. The molecule has 1 aromatic heterocycles. The van der Waals surface area contributed by atoms with Gasteiger partial charge in [-0.25, -0.2) is 0 Å². The minimum atomic E-state index is 0.163. The Hall–Kier alpha value is -2.01. The van der Waals surface area contributed by atoms with Crippen LogP contribution < -0.4 is 9.47 Å². The van der Waals surface area contributed by atoms with E-state index in [0.717, 1.165) is 42.9 Å². The molecular weight excluding hydrogens is 322 g/mol. The number of rotatable bonds is 4. The minimum Gasteiger partial charge on any atom is -0.486 e. The second-order valence-electron chi connectivity index (χ2n) is 6.28. The first-order valence-electron chi connectivity index (χ1n) is 8.51. The maximum atomic E-state index is 12.7. The average Bonchev–Trinajstić information content (AvgIpc) is 3.31. The smallest absolute Gasteiger partial charge is 0.223 e. The van der Waals surface area contributed by atoms with E-state index in [0.29, 0.717) is 19.6 Å². The number of amides is 1. The number of thiophene rings is 1. The molecule has 0 saturated carbocycles. The molecule has 0 N–H and O–H groups in total. The zero-order valence-corrected chi connectivity index (χ0v) is 14.4. The van der Waals surface area contributed by atoms with E-state index in [1.54, 1.807) is 11.3 Å². The number of fused-ring (bicyclic) bond motifs is 1. The van der Waals surface area contributed by atoms with Crippen molar-refractivity contribution >= 4 is 17.2 Å². The molecule has 1 saturated heterocycles. The number of hydrogen-bond acceptors (Lipinski definition) is 4. The number of hydrogen-bond donors (Lipinski definition) is 0. The molecule has 2 aliphatic rings. The SMILES string of the molecule is O=C(CCc1ccsc1)N1CCC[C@@H]1c1ccc2c(c1)OCCO2. The maximum absolute atomic E-state index is 12.7. The Morgan fingerprint density at radius 1 is 1.21 bits per heavy atom. The Balaban J connectivity index is 1.47. The summed E-state index contributed by atoms with van der Waals surface area (Å²) < 4.78 is 11.3. The molecule has 0 bridgehead atoms. The topological polar surface area (TPSA) is 38.8 Å². The largest absolute Gasteiger partial charge is 0.486 e. The molecule has 0 aliphatic carbocycles. The van der Waals surface area contributed by atoms with Gasteiger partial charge in [-0.15, -0.1) is 0 Å². The summed E-state index contributed by atoms with van der Waals surface area (Å²) in [7, 11) is 0. The predicted molar refractivity (Wildman–Crippen MR) is 93.8 cm³/mol. The fraction of sp³-hybridized carbons (Fsp3) is 0.421. The quantitative estimate of drug-likeness (QED) is 0.847. The van der Waals surface area contributed by atoms with Crippen LogP contribution in [0.5, 0.6) is 11.5 Å². The third-order valence-electron chi connectivity index (χ3n) is 4.73. The van der Waals surface area contributed by atoms with E-state index in [1.807, 2.05) is 17.0 Å². The molecule has 1 atom stereocenters. The highest BCUT2D eigenvalue weighted by atomic mass is 32.1. The third kappa shape index (κ3) is 3.13. The van der Waals surface area contributed by atoms with E-state index in [-0.39, 0.29) is 11.9 Å². The summed E-state index contributed by atoms with van der Waals surface area (Å²) in [5.74, 6) is 1.85. The van der Waals surface area contributed by atoms with Crippen LogP contribution in [0.3, 0.4) is 0 Å². The van der Waals surface area contributed by atoms with Gasteiger partial charge in [0.15, 0.2) is 11.5 Å². The average molecular weight is 343 g/mol. The van der Waals surface area contributed by atoms with Crippen molar-refractivity contribution in [3.05, 3.63) is 46.2 Å². The molecule has 4 rings (SSSR count). The van der Waals surface area contributed by atoms with Gasteiger partial charge in [-0.05, 0) is 59.3 Å². The lowest BCUT2D eigenvalue weighted by atomic mass is 10.0. The molecule has 0 spiro atoms. The number of benzene rings is 1. The van der Waals surface area contributed by atoms with Crippen molar-refractivity contribution in [3.8, 4) is 11.5 Å². The van der Waals surface area contributed by atoms with Gasteiger partial charge in [0.2, 0.25) is 5.91 Å². The van der Waals surface area contributed by atoms with Gasteiger partial charge in [-0.1, -0.05) is 6.07 Å². The van der Waals surface area contributed by atoms with Gasteiger partial charge in [0, 0.05) is 13.0 Å². The minimum absolute atomic E-state index is 0.163. The second-order valence-corrected chi connectivity index (χ2v) is 7.06. The Kier molecular flexibility index (Phi) is 4.43. The molecule has 3 heterocycles. The monoisotopic (exact) mass is 343 g/mol. The molecular formula is C19H21NO3S. The van der Waals surface area contributed by atoms with E-state index in [2.05, 4.69) is 22.9 Å². The van der Waals surface area contributed by atoms with Gasteiger partial charge in [0.05, 0.1) is 6.04 Å². The van der Waals surface area contributed by atoms with E-state index in [4.69, 9.17) is 9.47 Å². The highest BCUT2D eigenvalue weighted by molar-refractivity contribution is 7.07. The zero-order chi connectivity index (χ0) is 16.4. The Labute approximate surface area is 146 Å². The standard InChI is InChI=1S/C19H21NO3S/c21-19(6-3-14-7-11-24-13-14)20-8-1-2-16(20)15-4-5-17-18(12-15)23-10-9-22-17/h4-5,7,11-13,16H,1-3,6,8-10H2/t16-/m1/s1. The normalized spacial score (nSPS) is 19.5. The predicted octanol–water partition coefficient (Wildman–Crippen LogP) is 3.82. The van der Waals surface area contributed by atoms with Crippen molar-refractivity contribution in [1.82, 2.24) is 4.90 Å². The highest BCUT2D eigenvalue weighted by Crippen LogP contribution is 2.38. The van der Waals surface area contributed by atoms with Gasteiger partial charge >= 0.3 is 0 Å². The zero-order valence-electron chi connectivity index (χ0n) is 13.6. The summed E-state index contributed by atoms with van der Waals surface area (Å²) in [6.07, 6.45) is 3.48. The fourth-order valence-corrected chi connectivity index (χ4v) is 4.21. The first-order chi connectivity index (χ1) is 11.8. The fourth-order valence-electron chi connectivity index (χ4n) is 3.51. The Bertz CT molecular complexity index is 713. The summed E-state index contributed by atoms with van der Waals surface area (Å²) in [5.41, 5.74) is 2.41. The molecule has 4 nitrogen and oxygen atoms in total. The van der Waals surface area contributed by atoms with E-state index in [1.165, 1.54) is 5.56 Å². The van der Waals surface area contributed by atoms with Crippen molar-refractivity contribution in [2.24, 2.45) is 0 Å². The summed E-state index contributed by atoms with van der Waals surface area (Å²) in [5, 5.41) is 4.18. The first kappa shape index (κ1) is 15.5. The van der Waals surface area contributed by atoms with Crippen LogP contribution in [0.4, 0.5) is 0 Å². The number of ether oxygens (including phenoxy) is 2. The molecule has 2 aromatic rings. The van der Waals surface area contributed by atoms with Crippen molar-refractivity contribution in [2.45, 2.75) is 31.7 Å². The molecule has 126 valence electrons. The van der Waals surface area contributed by atoms with Crippen LogP contribution in [0.2, 0.25) is 0 Å². The highest BCUT2D eigenvalue weighted by Gasteiger charge is 2.30. The number of carbonyl (C=O) groups excluding carboxylic acids is 1. The van der Waals surface area contributed by atoms with Crippen molar-refractivity contribution in [1.29, 1.82) is 0 Å². The van der Waals surface area contributed by atoms with Crippen LogP contribution in [-0.4, -0.2) is 30.6 Å². The van der Waals surface area contributed by atoms with Gasteiger partial charge in [0.25, 0.3) is 0 Å². The molecule has 1 aromatic carbocycles. The Morgan fingerprint density at radius 2 is 2.08 bits per heavy atom. The maximum Gasteiger partial charge on any atom is 0.223 e. The van der Waals surface area contributed by atoms with Gasteiger partial charge in [0.1, 0.15) is 13.2 Å². The third-order valence-corrected chi connectivity index (χ3v) is 5.46. The van der Waals surface area contributed by atoms with Crippen LogP contribution in [0.1, 0.15) is 36.4 Å². The molecule has 2 aliphatic heterocycles. The number of likely N-dealkylation sites (tertiary alicyclic amines) is 1. The van der Waals surface area contributed by atoms with Crippen molar-refractivity contribution in [2.75, 3.05) is 19.8 Å². The number of nitrogens with zero attached hydrogens (tertiary/aromatic N) is 1. The van der Waals surface area contributed by atoms with Crippen LogP contribution in [0.25, 0.3) is 0 Å². The molecule has 0 unspecified atom stereocenters. The molecule has 5 heteroatoms. The molecule has 1 amide bonds. The van der Waals surface area contributed by atoms with Gasteiger partial charge in [-0.3, -0.25) is 4.79 Å². The van der Waals surface area contributed by atoms with Crippen LogP contribution in [0, 0.1) is 0 Å². The second kappa shape index (κ2) is 6.85. The lowest BCUT2D eigenvalue weighted by Gasteiger charge is -2.27. The summed E-state index contributed by atoms with van der Waals surface area (Å²) in [6, 6.07) is 8.35. The lowest BCUT2D eigenvalue weighted by molar-refractivity contribution is -0.132. The van der Waals surface area contributed by atoms with Gasteiger partial charge in [-0.2, -0.15) is 11.3 Å². The number of carbonyl (C=O) groups is 1. The molecule has 0 radical (unpaired) electrons. The summed E-state index contributed by atoms with van der Waals surface area (Å²) in [6.45, 7) is 2.04. The molecule has 1 fully saturated rings. The van der Waals surface area contributed by atoms with E-state index in [9.17, 15) is 4.79 Å². The van der Waals surface area contributed by atoms with Crippen molar-refractivity contribution < 1.29 is 14.3 Å². The van der Waals surface area contributed by atoms with Crippen LogP contribution >= 0.6 is 11.3 Å². The number of aryl methyl sites for hydroxylation is 1. The lowest BCUT2D eigenvalue weighted by Crippen LogP contribution is -2.30. The molecule has 24 heavy (non-hydrogen) atoms. The van der Waals surface area contributed by atoms with Gasteiger partial charge < -0.3 is 14.4 Å².